The molecule has 1 amide bonds. The Balaban J connectivity index is 3.22. The van der Waals surface area contributed by atoms with Gasteiger partial charge in [-0.05, 0) is 0 Å². The molecule has 0 aromatic rings. The second kappa shape index (κ2) is 6.04. The van der Waals surface area contributed by atoms with Gasteiger partial charge in [0.05, 0.1) is 5.75 Å². The zero-order valence-electron chi connectivity index (χ0n) is 6.26. The Morgan fingerprint density at radius 2 is 2.20 bits per heavy atom. The molecule has 0 radical (unpaired) electrons. The molecule has 0 unspecified atom stereocenters. The van der Waals surface area contributed by atoms with Crippen LogP contribution in [-0.2, 0) is 4.79 Å². The molecule has 0 bridgehead atoms. The summed E-state index contributed by atoms with van der Waals surface area (Å²) in [6.45, 7) is 0. The van der Waals surface area contributed by atoms with Crippen LogP contribution in [0.4, 0.5) is 0 Å². The fourth-order valence-corrected chi connectivity index (χ4v) is 1.72. The van der Waals surface area contributed by atoms with Gasteiger partial charge in [0.25, 0.3) is 0 Å². The van der Waals surface area contributed by atoms with E-state index < -0.39 is 0 Å². The molecule has 0 saturated carbocycles. The average Bonchev–Trinajstić information content (AvgIpc) is 1.88. The normalized spacial score (nSPS) is 9.50. The molecule has 0 aromatic heterocycles. The minimum absolute atomic E-state index is 0.186. The Labute approximate surface area is 74.5 Å². The quantitative estimate of drug-likeness (QED) is 0.530. The van der Waals surface area contributed by atoms with Crippen molar-refractivity contribution in [3.8, 4) is 0 Å². The second-order valence-electron chi connectivity index (χ2n) is 2.03. The SMILES string of the molecule is CN(C)C(=O)CSCCBr. The summed E-state index contributed by atoms with van der Waals surface area (Å²) in [5, 5.41) is 0.957. The van der Waals surface area contributed by atoms with E-state index >= 15 is 0 Å². The van der Waals surface area contributed by atoms with Crippen LogP contribution in [0.2, 0.25) is 0 Å². The summed E-state index contributed by atoms with van der Waals surface area (Å²) in [5.74, 6) is 1.78. The summed E-state index contributed by atoms with van der Waals surface area (Å²) < 4.78 is 0. The highest BCUT2D eigenvalue weighted by molar-refractivity contribution is 9.09. The molecule has 0 aromatic carbocycles. The van der Waals surface area contributed by atoms with Gasteiger partial charge in [0.2, 0.25) is 5.91 Å². The van der Waals surface area contributed by atoms with Crippen LogP contribution in [0.1, 0.15) is 0 Å². The van der Waals surface area contributed by atoms with Gasteiger partial charge in [-0.25, -0.2) is 0 Å². The predicted molar refractivity (Wildman–Crippen MR) is 49.8 cm³/mol. The number of alkyl halides is 1. The fraction of sp³-hybridized carbons (Fsp3) is 0.833. The molecule has 0 atom stereocenters. The molecular weight excluding hydrogens is 214 g/mol. The van der Waals surface area contributed by atoms with E-state index in [4.69, 9.17) is 0 Å². The first-order chi connectivity index (χ1) is 4.68. The van der Waals surface area contributed by atoms with Crippen molar-refractivity contribution < 1.29 is 4.79 Å². The molecule has 0 heterocycles. The molecule has 0 aliphatic heterocycles. The highest BCUT2D eigenvalue weighted by Gasteiger charge is 2.01. The molecule has 0 rings (SSSR count). The number of nitrogens with zero attached hydrogens (tertiary/aromatic N) is 1. The van der Waals surface area contributed by atoms with Gasteiger partial charge < -0.3 is 4.90 Å². The monoisotopic (exact) mass is 225 g/mol. The van der Waals surface area contributed by atoms with E-state index in [1.807, 2.05) is 0 Å². The van der Waals surface area contributed by atoms with Gasteiger partial charge in [-0.2, -0.15) is 11.8 Å². The standard InChI is InChI=1S/C6H12BrNOS/c1-8(2)6(9)5-10-4-3-7/h3-5H2,1-2H3. The van der Waals surface area contributed by atoms with Crippen LogP contribution in [0.15, 0.2) is 0 Å². The Bertz CT molecular complexity index is 108. The van der Waals surface area contributed by atoms with Gasteiger partial charge in [-0.15, -0.1) is 0 Å². The Hall–Kier alpha value is 0.300. The van der Waals surface area contributed by atoms with Crippen molar-refractivity contribution in [2.75, 3.05) is 30.9 Å². The average molecular weight is 226 g/mol. The first-order valence-electron chi connectivity index (χ1n) is 3.02. The third-order valence-corrected chi connectivity index (χ3v) is 2.81. The van der Waals surface area contributed by atoms with Crippen LogP contribution in [-0.4, -0.2) is 41.7 Å². The number of carbonyl (C=O) groups excluding carboxylic acids is 1. The largest absolute Gasteiger partial charge is 0.348 e. The molecular formula is C6H12BrNOS. The first-order valence-corrected chi connectivity index (χ1v) is 5.30. The van der Waals surface area contributed by atoms with E-state index in [1.165, 1.54) is 0 Å². The number of halogens is 1. The van der Waals surface area contributed by atoms with Gasteiger partial charge in [-0.1, -0.05) is 15.9 Å². The molecule has 0 N–H and O–H groups in total. The number of rotatable bonds is 4. The highest BCUT2D eigenvalue weighted by Crippen LogP contribution is 2.01. The molecule has 60 valence electrons. The van der Waals surface area contributed by atoms with Gasteiger partial charge in [0, 0.05) is 25.2 Å². The maximum Gasteiger partial charge on any atom is 0.232 e. The highest BCUT2D eigenvalue weighted by atomic mass is 79.9. The van der Waals surface area contributed by atoms with Crippen molar-refractivity contribution in [3.63, 3.8) is 0 Å². The number of hydrogen-bond donors (Lipinski definition) is 0. The van der Waals surface area contributed by atoms with Crippen molar-refractivity contribution in [2.24, 2.45) is 0 Å². The lowest BCUT2D eigenvalue weighted by atomic mass is 10.6. The van der Waals surface area contributed by atoms with E-state index in [-0.39, 0.29) is 5.91 Å². The van der Waals surface area contributed by atoms with Crippen LogP contribution in [0.3, 0.4) is 0 Å². The third kappa shape index (κ3) is 5.11. The van der Waals surface area contributed by atoms with Gasteiger partial charge >= 0.3 is 0 Å². The molecule has 0 saturated heterocycles. The van der Waals surface area contributed by atoms with E-state index in [2.05, 4.69) is 15.9 Å². The molecule has 10 heavy (non-hydrogen) atoms. The fourth-order valence-electron chi connectivity index (χ4n) is 0.343. The van der Waals surface area contributed by atoms with Gasteiger partial charge in [-0.3, -0.25) is 4.79 Å². The second-order valence-corrected chi connectivity index (χ2v) is 3.93. The van der Waals surface area contributed by atoms with Gasteiger partial charge in [0.15, 0.2) is 0 Å². The van der Waals surface area contributed by atoms with Crippen LogP contribution in [0, 0.1) is 0 Å². The minimum Gasteiger partial charge on any atom is -0.348 e. The van der Waals surface area contributed by atoms with Crippen LogP contribution >= 0.6 is 27.7 Å². The lowest BCUT2D eigenvalue weighted by Crippen LogP contribution is -2.23. The molecule has 0 aliphatic carbocycles. The molecule has 4 heteroatoms. The Morgan fingerprint density at radius 3 is 2.60 bits per heavy atom. The van der Waals surface area contributed by atoms with Crippen LogP contribution in [0.25, 0.3) is 0 Å². The molecule has 0 fully saturated rings. The minimum atomic E-state index is 0.186. The van der Waals surface area contributed by atoms with Crippen molar-refractivity contribution in [2.45, 2.75) is 0 Å². The lowest BCUT2D eigenvalue weighted by Gasteiger charge is -2.08. The maximum absolute atomic E-state index is 10.9. The number of hydrogen-bond acceptors (Lipinski definition) is 2. The molecule has 0 spiro atoms. The van der Waals surface area contributed by atoms with Crippen molar-refractivity contribution >= 4 is 33.6 Å². The number of amides is 1. The molecule has 0 aliphatic rings. The van der Waals surface area contributed by atoms with Crippen LogP contribution < -0.4 is 0 Å². The van der Waals surface area contributed by atoms with E-state index in [0.29, 0.717) is 5.75 Å². The van der Waals surface area contributed by atoms with Crippen molar-refractivity contribution in [1.29, 1.82) is 0 Å². The first kappa shape index (κ1) is 10.3. The Morgan fingerprint density at radius 1 is 1.60 bits per heavy atom. The summed E-state index contributed by atoms with van der Waals surface area (Å²) in [4.78, 5) is 12.5. The van der Waals surface area contributed by atoms with Crippen molar-refractivity contribution in [1.82, 2.24) is 4.90 Å². The summed E-state index contributed by atoms with van der Waals surface area (Å²) in [6.07, 6.45) is 0. The van der Waals surface area contributed by atoms with E-state index in [0.717, 1.165) is 11.1 Å². The summed E-state index contributed by atoms with van der Waals surface area (Å²) in [7, 11) is 3.55. The smallest absolute Gasteiger partial charge is 0.232 e. The van der Waals surface area contributed by atoms with E-state index in [1.54, 1.807) is 30.8 Å². The summed E-state index contributed by atoms with van der Waals surface area (Å²) >= 11 is 4.94. The molecule has 2 nitrogen and oxygen atoms in total. The number of carbonyl (C=O) groups is 1. The lowest BCUT2D eigenvalue weighted by molar-refractivity contribution is -0.125. The van der Waals surface area contributed by atoms with Crippen LogP contribution in [0.5, 0.6) is 0 Å². The third-order valence-electron chi connectivity index (χ3n) is 0.946. The number of thioether (sulfide) groups is 1. The summed E-state index contributed by atoms with van der Waals surface area (Å²) in [6, 6.07) is 0. The van der Waals surface area contributed by atoms with Crippen molar-refractivity contribution in [3.05, 3.63) is 0 Å². The zero-order chi connectivity index (χ0) is 7.98. The summed E-state index contributed by atoms with van der Waals surface area (Å²) in [5.41, 5.74) is 0. The van der Waals surface area contributed by atoms with Gasteiger partial charge in [0.1, 0.15) is 0 Å². The Kier molecular flexibility index (Phi) is 6.22. The topological polar surface area (TPSA) is 20.3 Å². The zero-order valence-corrected chi connectivity index (χ0v) is 8.67. The van der Waals surface area contributed by atoms with E-state index in [9.17, 15) is 4.79 Å². The predicted octanol–water partition coefficient (Wildman–Crippen LogP) is 1.20. The maximum atomic E-state index is 10.9.